The van der Waals surface area contributed by atoms with Gasteiger partial charge in [0.1, 0.15) is 5.75 Å². The van der Waals surface area contributed by atoms with E-state index in [4.69, 9.17) is 0 Å². The zero-order valence-electron chi connectivity index (χ0n) is 12.1. The molecule has 110 valence electrons. The highest BCUT2D eigenvalue weighted by molar-refractivity contribution is 5.93. The third-order valence-corrected chi connectivity index (χ3v) is 3.00. The van der Waals surface area contributed by atoms with Crippen LogP contribution in [0.2, 0.25) is 0 Å². The first kappa shape index (κ1) is 14.7. The van der Waals surface area contributed by atoms with Gasteiger partial charge in [0.25, 0.3) is 0 Å². The van der Waals surface area contributed by atoms with Crippen LogP contribution >= 0.6 is 0 Å². The Kier molecular flexibility index (Phi) is 4.66. The smallest absolute Gasteiger partial charge is 0.319 e. The van der Waals surface area contributed by atoms with E-state index in [1.807, 2.05) is 49.3 Å². The van der Waals surface area contributed by atoms with Crippen molar-refractivity contribution in [3.8, 4) is 5.75 Å². The van der Waals surface area contributed by atoms with E-state index in [0.717, 1.165) is 16.9 Å². The predicted molar refractivity (Wildman–Crippen MR) is 84.7 cm³/mol. The second kappa shape index (κ2) is 6.65. The molecule has 2 aromatic carbocycles. The van der Waals surface area contributed by atoms with Gasteiger partial charge in [0.05, 0.1) is 11.4 Å². The molecule has 0 aliphatic carbocycles. The van der Waals surface area contributed by atoms with E-state index in [2.05, 4.69) is 10.6 Å². The van der Waals surface area contributed by atoms with Crippen LogP contribution in [0.1, 0.15) is 5.56 Å². The summed E-state index contributed by atoms with van der Waals surface area (Å²) in [5, 5.41) is 15.0. The Labute approximate surface area is 124 Å². The van der Waals surface area contributed by atoms with Crippen LogP contribution in [0.15, 0.2) is 48.5 Å². The number of phenols is 1. The van der Waals surface area contributed by atoms with Crippen molar-refractivity contribution >= 4 is 17.4 Å². The Morgan fingerprint density at radius 3 is 2.62 bits per heavy atom. The zero-order chi connectivity index (χ0) is 15.2. The molecule has 0 aliphatic heterocycles. The van der Waals surface area contributed by atoms with Crippen LogP contribution in [0.4, 0.5) is 16.2 Å². The first-order chi connectivity index (χ1) is 10.1. The molecule has 0 heterocycles. The van der Waals surface area contributed by atoms with E-state index >= 15 is 0 Å². The Bertz CT molecular complexity index is 626. The third-order valence-electron chi connectivity index (χ3n) is 3.00. The summed E-state index contributed by atoms with van der Waals surface area (Å²) in [5.41, 5.74) is 2.52. The van der Waals surface area contributed by atoms with E-state index in [1.165, 1.54) is 0 Å². The lowest BCUT2D eigenvalue weighted by Crippen LogP contribution is -2.28. The van der Waals surface area contributed by atoms with Crippen molar-refractivity contribution in [2.75, 3.05) is 24.3 Å². The maximum atomic E-state index is 11.9. The van der Waals surface area contributed by atoms with Crippen LogP contribution in [0.5, 0.6) is 5.75 Å². The molecule has 0 saturated heterocycles. The standard InChI is InChI=1S/C16H19N3O2/c1-19(2)15-9-4-3-8-14(15)18-16(21)17-11-12-6-5-7-13(20)10-12/h3-10,20H,11H2,1-2H3,(H2,17,18,21). The minimum Gasteiger partial charge on any atom is -0.508 e. The highest BCUT2D eigenvalue weighted by Gasteiger charge is 2.07. The molecule has 5 nitrogen and oxygen atoms in total. The summed E-state index contributed by atoms with van der Waals surface area (Å²) >= 11 is 0. The number of nitrogens with one attached hydrogen (secondary N) is 2. The summed E-state index contributed by atoms with van der Waals surface area (Å²) < 4.78 is 0. The highest BCUT2D eigenvalue weighted by atomic mass is 16.3. The number of aromatic hydroxyl groups is 1. The van der Waals surface area contributed by atoms with Gasteiger partial charge in [-0.15, -0.1) is 0 Å². The number of hydrogen-bond acceptors (Lipinski definition) is 3. The van der Waals surface area contributed by atoms with Crippen LogP contribution in [0, 0.1) is 0 Å². The SMILES string of the molecule is CN(C)c1ccccc1NC(=O)NCc1cccc(O)c1. The number of urea groups is 1. The summed E-state index contributed by atoms with van der Waals surface area (Å²) in [6.45, 7) is 0.352. The normalized spacial score (nSPS) is 10.0. The second-order valence-electron chi connectivity index (χ2n) is 4.89. The molecule has 0 spiro atoms. The number of hydrogen-bond donors (Lipinski definition) is 3. The minimum absolute atomic E-state index is 0.188. The number of carbonyl (C=O) groups excluding carboxylic acids is 1. The predicted octanol–water partition coefficient (Wildman–Crippen LogP) is 2.78. The summed E-state index contributed by atoms with van der Waals surface area (Å²) in [6, 6.07) is 14.1. The van der Waals surface area contributed by atoms with Crippen LogP contribution in [-0.4, -0.2) is 25.2 Å². The number of benzene rings is 2. The fraction of sp³-hybridized carbons (Fsp3) is 0.188. The first-order valence-electron chi connectivity index (χ1n) is 6.65. The van der Waals surface area contributed by atoms with Gasteiger partial charge < -0.3 is 20.6 Å². The van der Waals surface area contributed by atoms with Crippen molar-refractivity contribution in [3.63, 3.8) is 0 Å². The molecule has 3 N–H and O–H groups in total. The Morgan fingerprint density at radius 1 is 1.14 bits per heavy atom. The molecule has 5 heteroatoms. The summed E-state index contributed by atoms with van der Waals surface area (Å²) in [6.07, 6.45) is 0. The van der Waals surface area contributed by atoms with Crippen molar-refractivity contribution in [1.29, 1.82) is 0 Å². The highest BCUT2D eigenvalue weighted by Crippen LogP contribution is 2.23. The number of nitrogens with zero attached hydrogens (tertiary/aromatic N) is 1. The average Bonchev–Trinajstić information content (AvgIpc) is 2.45. The molecule has 0 fully saturated rings. The molecule has 2 amide bonds. The first-order valence-corrected chi connectivity index (χ1v) is 6.65. The molecule has 0 bridgehead atoms. The lowest BCUT2D eigenvalue weighted by Gasteiger charge is -2.18. The van der Waals surface area contributed by atoms with Gasteiger partial charge in [-0.25, -0.2) is 4.79 Å². The zero-order valence-corrected chi connectivity index (χ0v) is 12.1. The lowest BCUT2D eigenvalue weighted by atomic mass is 10.2. The van der Waals surface area contributed by atoms with Gasteiger partial charge in [-0.05, 0) is 29.8 Å². The summed E-state index contributed by atoms with van der Waals surface area (Å²) in [4.78, 5) is 13.9. The van der Waals surface area contributed by atoms with E-state index in [9.17, 15) is 9.90 Å². The molecular formula is C16H19N3O2. The van der Waals surface area contributed by atoms with Gasteiger partial charge in [-0.1, -0.05) is 24.3 Å². The molecular weight excluding hydrogens is 266 g/mol. The molecule has 2 rings (SSSR count). The molecule has 0 atom stereocenters. The van der Waals surface area contributed by atoms with E-state index in [-0.39, 0.29) is 11.8 Å². The van der Waals surface area contributed by atoms with Crippen molar-refractivity contribution in [1.82, 2.24) is 5.32 Å². The average molecular weight is 285 g/mol. The molecule has 0 radical (unpaired) electrons. The van der Waals surface area contributed by atoms with E-state index in [1.54, 1.807) is 18.2 Å². The van der Waals surface area contributed by atoms with Gasteiger partial charge >= 0.3 is 6.03 Å². The third kappa shape index (κ3) is 4.14. The van der Waals surface area contributed by atoms with Crippen molar-refractivity contribution in [2.45, 2.75) is 6.54 Å². The number of anilines is 2. The van der Waals surface area contributed by atoms with E-state index < -0.39 is 0 Å². The van der Waals surface area contributed by atoms with Crippen molar-refractivity contribution < 1.29 is 9.90 Å². The Hall–Kier alpha value is -2.69. The Morgan fingerprint density at radius 2 is 1.90 bits per heavy atom. The lowest BCUT2D eigenvalue weighted by molar-refractivity contribution is 0.251. The molecule has 2 aromatic rings. The van der Waals surface area contributed by atoms with Crippen LogP contribution in [0.3, 0.4) is 0 Å². The minimum atomic E-state index is -0.285. The number of para-hydroxylation sites is 2. The fourth-order valence-corrected chi connectivity index (χ4v) is 1.98. The topological polar surface area (TPSA) is 64.6 Å². The number of rotatable bonds is 4. The largest absolute Gasteiger partial charge is 0.508 e. The maximum Gasteiger partial charge on any atom is 0.319 e. The molecule has 0 aliphatic rings. The van der Waals surface area contributed by atoms with Crippen LogP contribution in [-0.2, 0) is 6.54 Å². The number of carbonyl (C=O) groups is 1. The monoisotopic (exact) mass is 285 g/mol. The number of amides is 2. The second-order valence-corrected chi connectivity index (χ2v) is 4.89. The summed E-state index contributed by atoms with van der Waals surface area (Å²) in [5.74, 6) is 0.188. The van der Waals surface area contributed by atoms with Crippen LogP contribution < -0.4 is 15.5 Å². The van der Waals surface area contributed by atoms with Gasteiger partial charge in [0.15, 0.2) is 0 Å². The Balaban J connectivity index is 1.96. The van der Waals surface area contributed by atoms with Gasteiger partial charge in [0.2, 0.25) is 0 Å². The number of phenolic OH excluding ortho intramolecular Hbond substituents is 1. The van der Waals surface area contributed by atoms with Gasteiger partial charge in [-0.2, -0.15) is 0 Å². The molecule has 0 saturated carbocycles. The maximum absolute atomic E-state index is 11.9. The molecule has 0 aromatic heterocycles. The van der Waals surface area contributed by atoms with Crippen molar-refractivity contribution in [2.24, 2.45) is 0 Å². The summed E-state index contributed by atoms with van der Waals surface area (Å²) in [7, 11) is 3.84. The molecule has 0 unspecified atom stereocenters. The van der Waals surface area contributed by atoms with Crippen LogP contribution in [0.25, 0.3) is 0 Å². The van der Waals surface area contributed by atoms with E-state index in [0.29, 0.717) is 6.54 Å². The van der Waals surface area contributed by atoms with Gasteiger partial charge in [-0.3, -0.25) is 0 Å². The fourth-order valence-electron chi connectivity index (χ4n) is 1.98. The van der Waals surface area contributed by atoms with Gasteiger partial charge in [0, 0.05) is 20.6 Å². The molecule has 21 heavy (non-hydrogen) atoms. The quantitative estimate of drug-likeness (QED) is 0.809. The van der Waals surface area contributed by atoms with Crippen molar-refractivity contribution in [3.05, 3.63) is 54.1 Å².